The average Bonchev–Trinajstić information content (AvgIpc) is 3.48. The quantitative estimate of drug-likeness (QED) is 0.271. The lowest BCUT2D eigenvalue weighted by Crippen LogP contribution is -2.50. The summed E-state index contributed by atoms with van der Waals surface area (Å²) in [5, 5.41) is 8.34. The molecule has 0 atom stereocenters. The first-order chi connectivity index (χ1) is 23.2. The van der Waals surface area contributed by atoms with Crippen molar-refractivity contribution >= 4 is 49.9 Å². The van der Waals surface area contributed by atoms with Gasteiger partial charge in [0.2, 0.25) is 9.84 Å². The van der Waals surface area contributed by atoms with Gasteiger partial charge >= 0.3 is 12.1 Å². The number of H-pyrrole nitrogens is 1. The number of anilines is 3. The normalized spacial score (nSPS) is 16.6. The fraction of sp³-hybridized carbons (Fsp3) is 0.355. The van der Waals surface area contributed by atoms with Crippen LogP contribution in [-0.4, -0.2) is 99.0 Å². The minimum Gasteiger partial charge on any atom is -0.381 e. The summed E-state index contributed by atoms with van der Waals surface area (Å²) in [6, 6.07) is 7.56. The van der Waals surface area contributed by atoms with E-state index in [1.165, 1.54) is 18.2 Å². The van der Waals surface area contributed by atoms with E-state index in [1.54, 1.807) is 6.07 Å². The topological polar surface area (TPSA) is 141 Å². The molecular weight excluding hydrogens is 677 g/mol. The Balaban J connectivity index is 1.40. The Labute approximate surface area is 276 Å². The smallest absolute Gasteiger partial charge is 0.381 e. The molecule has 0 unspecified atom stereocenters. The molecule has 0 saturated carbocycles. The van der Waals surface area contributed by atoms with Crippen molar-refractivity contribution < 1.29 is 44.7 Å². The first-order valence-electron chi connectivity index (χ1n) is 15.2. The number of amides is 2. The molecule has 2 aliphatic rings. The largest absolute Gasteiger partial charge is 0.471 e. The number of benzene rings is 2. The zero-order valence-corrected chi connectivity index (χ0v) is 26.7. The van der Waals surface area contributed by atoms with Gasteiger partial charge in [-0.1, -0.05) is 0 Å². The minimum atomic E-state index is -5.26. The van der Waals surface area contributed by atoms with Crippen molar-refractivity contribution in [1.82, 2.24) is 20.1 Å². The van der Waals surface area contributed by atoms with Crippen molar-refractivity contribution in [3.05, 3.63) is 65.7 Å². The number of aromatic nitrogens is 3. The van der Waals surface area contributed by atoms with E-state index in [4.69, 9.17) is 4.74 Å². The second-order valence-electron chi connectivity index (χ2n) is 11.7. The number of pyridine rings is 1. The number of hydrogen-bond acceptors (Lipinski definition) is 9. The number of ether oxygens (including phenoxy) is 1. The fourth-order valence-corrected chi connectivity index (χ4v) is 7.09. The molecule has 12 nitrogen and oxygen atoms in total. The molecule has 6 rings (SSSR count). The Hall–Kier alpha value is -4.68. The Kier molecular flexibility index (Phi) is 9.29. The van der Waals surface area contributed by atoms with Gasteiger partial charge < -0.3 is 24.8 Å². The van der Waals surface area contributed by atoms with Gasteiger partial charge in [0.05, 0.1) is 16.8 Å². The van der Waals surface area contributed by atoms with E-state index in [2.05, 4.69) is 25.4 Å². The number of sulfone groups is 1. The summed E-state index contributed by atoms with van der Waals surface area (Å²) in [5.74, 6) is -5.61. The summed E-state index contributed by atoms with van der Waals surface area (Å²) in [6.07, 6.45) is -5.07. The highest BCUT2D eigenvalue weighted by Crippen LogP contribution is 2.36. The summed E-state index contributed by atoms with van der Waals surface area (Å²) in [6.45, 7) is 2.71. The van der Waals surface area contributed by atoms with E-state index in [0.29, 0.717) is 48.9 Å². The lowest BCUT2D eigenvalue weighted by Gasteiger charge is -2.37. The highest BCUT2D eigenvalue weighted by molar-refractivity contribution is 7.91. The number of nitrogens with zero attached hydrogens (tertiary/aromatic N) is 5. The highest BCUT2D eigenvalue weighted by atomic mass is 32.2. The zero-order chi connectivity index (χ0) is 35.1. The van der Waals surface area contributed by atoms with Gasteiger partial charge in [-0.05, 0) is 68.4 Å². The van der Waals surface area contributed by atoms with Crippen LogP contribution in [0.4, 0.5) is 39.1 Å². The number of halogens is 5. The Bertz CT molecular complexity index is 2010. The molecule has 0 bridgehead atoms. The lowest BCUT2D eigenvalue weighted by atomic mass is 10.0. The molecule has 2 N–H and O–H groups in total. The summed E-state index contributed by atoms with van der Waals surface area (Å²) in [7, 11) is -2.74. The van der Waals surface area contributed by atoms with E-state index in [0.717, 1.165) is 12.1 Å². The van der Waals surface area contributed by atoms with Crippen LogP contribution in [0, 0.1) is 11.6 Å². The third kappa shape index (κ3) is 6.93. The average molecular weight is 708 g/mol. The molecule has 2 fully saturated rings. The van der Waals surface area contributed by atoms with Crippen molar-refractivity contribution in [2.45, 2.75) is 35.0 Å². The molecule has 4 aromatic rings. The third-order valence-electron chi connectivity index (χ3n) is 8.44. The lowest BCUT2D eigenvalue weighted by molar-refractivity contribution is -0.171. The number of fused-ring (bicyclic) bond motifs is 1. The molecule has 18 heteroatoms. The van der Waals surface area contributed by atoms with Gasteiger partial charge in [-0.15, -0.1) is 0 Å². The maximum absolute atomic E-state index is 14.4. The van der Waals surface area contributed by atoms with Crippen LogP contribution in [0.5, 0.6) is 0 Å². The number of piperazine rings is 1. The summed E-state index contributed by atoms with van der Waals surface area (Å²) in [4.78, 5) is 34.7. The van der Waals surface area contributed by atoms with Gasteiger partial charge in [-0.25, -0.2) is 22.2 Å². The second kappa shape index (κ2) is 13.3. The molecule has 2 aromatic carbocycles. The number of alkyl halides is 3. The van der Waals surface area contributed by atoms with E-state index in [1.807, 2.05) is 11.9 Å². The third-order valence-corrected chi connectivity index (χ3v) is 10.1. The van der Waals surface area contributed by atoms with Crippen LogP contribution < -0.4 is 15.1 Å². The van der Waals surface area contributed by atoms with Crippen molar-refractivity contribution in [1.29, 1.82) is 0 Å². The van der Waals surface area contributed by atoms with Gasteiger partial charge in [0.25, 0.3) is 5.91 Å². The van der Waals surface area contributed by atoms with Crippen LogP contribution in [0.25, 0.3) is 11.0 Å². The Morgan fingerprint density at radius 3 is 2.41 bits per heavy atom. The molecular formula is C31H30F5N7O5S. The molecule has 4 heterocycles. The van der Waals surface area contributed by atoms with Gasteiger partial charge in [-0.3, -0.25) is 14.7 Å². The standard InChI is InChI=1S/C31H30F5N7O5S/c1-41-10-12-42(13-11-41)20-3-4-21(24(17-20)43(30(45)31(34,35)36)19-8-14-48-15-9-19)29(44)38-28-27-23(39-40-28)6-7-26(37-27)49(46,47)25-16-18(32)2-5-22(25)33/h2-7,16-17,19H,8-15H2,1H3,(H2,38,39,40,44). The molecule has 2 aromatic heterocycles. The van der Waals surface area contributed by atoms with Crippen LogP contribution >= 0.6 is 0 Å². The molecule has 0 aliphatic carbocycles. The molecule has 260 valence electrons. The van der Waals surface area contributed by atoms with Gasteiger partial charge in [0.1, 0.15) is 22.0 Å². The van der Waals surface area contributed by atoms with Crippen LogP contribution in [0.2, 0.25) is 0 Å². The number of aromatic amines is 1. The summed E-state index contributed by atoms with van der Waals surface area (Å²) >= 11 is 0. The first-order valence-corrected chi connectivity index (χ1v) is 16.6. The number of likely N-dealkylation sites (N-methyl/N-ethyl adjacent to an activating group) is 1. The molecule has 2 amide bonds. The SMILES string of the molecule is CN1CCN(c2ccc(C(=O)Nc3n[nH]c4ccc(S(=O)(=O)c5cc(F)ccc5F)nc34)c(N(C(=O)C(F)(F)F)C3CCOCC3)c2)CC1. The minimum absolute atomic E-state index is 0.0959. The van der Waals surface area contributed by atoms with Crippen molar-refractivity contribution in [3.63, 3.8) is 0 Å². The van der Waals surface area contributed by atoms with Crippen molar-refractivity contribution in [2.75, 3.05) is 61.6 Å². The molecule has 2 saturated heterocycles. The summed E-state index contributed by atoms with van der Waals surface area (Å²) in [5.41, 5.74) is -0.0901. The number of hydrogen-bond donors (Lipinski definition) is 2. The monoisotopic (exact) mass is 707 g/mol. The van der Waals surface area contributed by atoms with Crippen LogP contribution in [0.15, 0.2) is 58.5 Å². The summed E-state index contributed by atoms with van der Waals surface area (Å²) < 4.78 is 102. The number of carbonyl (C=O) groups excluding carboxylic acids is 2. The van der Waals surface area contributed by atoms with Crippen molar-refractivity contribution in [2.24, 2.45) is 0 Å². The number of rotatable bonds is 7. The van der Waals surface area contributed by atoms with Gasteiger partial charge in [0.15, 0.2) is 10.8 Å². The molecule has 49 heavy (non-hydrogen) atoms. The number of nitrogens with one attached hydrogen (secondary N) is 2. The predicted octanol–water partition coefficient (Wildman–Crippen LogP) is 4.15. The maximum atomic E-state index is 14.4. The van der Waals surface area contributed by atoms with Gasteiger partial charge in [0, 0.05) is 51.1 Å². The fourth-order valence-electron chi connectivity index (χ4n) is 5.81. The molecule has 2 aliphatic heterocycles. The second-order valence-corrected chi connectivity index (χ2v) is 13.5. The van der Waals surface area contributed by atoms with E-state index >= 15 is 0 Å². The van der Waals surface area contributed by atoms with Crippen LogP contribution in [0.1, 0.15) is 23.2 Å². The number of carbonyl (C=O) groups is 2. The first kappa shape index (κ1) is 34.2. The van der Waals surface area contributed by atoms with E-state index < -0.39 is 55.4 Å². The Morgan fingerprint density at radius 1 is 1.00 bits per heavy atom. The molecule has 0 spiro atoms. The zero-order valence-electron chi connectivity index (χ0n) is 25.9. The van der Waals surface area contributed by atoms with Crippen LogP contribution in [-0.2, 0) is 19.4 Å². The molecule has 0 radical (unpaired) electrons. The Morgan fingerprint density at radius 2 is 1.71 bits per heavy atom. The van der Waals surface area contributed by atoms with E-state index in [-0.39, 0.29) is 54.2 Å². The highest BCUT2D eigenvalue weighted by Gasteiger charge is 2.46. The van der Waals surface area contributed by atoms with Crippen LogP contribution in [0.3, 0.4) is 0 Å². The van der Waals surface area contributed by atoms with E-state index in [9.17, 15) is 40.0 Å². The maximum Gasteiger partial charge on any atom is 0.471 e. The predicted molar refractivity (Wildman–Crippen MR) is 167 cm³/mol. The van der Waals surface area contributed by atoms with Crippen molar-refractivity contribution in [3.8, 4) is 0 Å². The van der Waals surface area contributed by atoms with Gasteiger partial charge in [-0.2, -0.15) is 18.3 Å².